The third-order valence-corrected chi connectivity index (χ3v) is 6.50. The summed E-state index contributed by atoms with van der Waals surface area (Å²) in [6, 6.07) is 22.2. The van der Waals surface area contributed by atoms with Gasteiger partial charge in [-0.1, -0.05) is 42.2 Å². The van der Waals surface area contributed by atoms with Crippen LogP contribution < -0.4 is 23.8 Å². The summed E-state index contributed by atoms with van der Waals surface area (Å²) in [7, 11) is 5.41. The predicted octanol–water partition coefficient (Wildman–Crippen LogP) is 5.80. The highest BCUT2D eigenvalue weighted by Gasteiger charge is 2.34. The van der Waals surface area contributed by atoms with Gasteiger partial charge in [-0.05, 0) is 47.3 Å². The second-order valence-electron chi connectivity index (χ2n) is 8.30. The van der Waals surface area contributed by atoms with Crippen LogP contribution in [0, 0.1) is 11.8 Å². The van der Waals surface area contributed by atoms with Gasteiger partial charge in [-0.25, -0.2) is 0 Å². The van der Waals surface area contributed by atoms with Gasteiger partial charge in [0.2, 0.25) is 6.79 Å². The van der Waals surface area contributed by atoms with Crippen LogP contribution in [0.1, 0.15) is 17.2 Å². The van der Waals surface area contributed by atoms with Crippen LogP contribution in [0.25, 0.3) is 21.9 Å². The summed E-state index contributed by atoms with van der Waals surface area (Å²) in [5.74, 6) is 9.81. The summed E-state index contributed by atoms with van der Waals surface area (Å²) in [6.45, 7) is 0.245. The topological polar surface area (TPSA) is 40.2 Å². The number of fused-ring (bicyclic) bond motifs is 6. The lowest BCUT2D eigenvalue weighted by Gasteiger charge is -2.37. The molecular formula is C29H23NO4. The molecule has 0 amide bonds. The standard InChI is InChI=1S/C29H23NO4/c1-30-23(13-9-18-7-5-4-6-8-18)27-20(12-14-24(31-2)29(27)32-3)21-11-10-19-15-25-26(34-17-33-25)16-22(19)28(21)30/h4-8,10-12,14-16,23H,17H2,1-3H3. The van der Waals surface area contributed by atoms with E-state index in [0.29, 0.717) is 11.5 Å². The summed E-state index contributed by atoms with van der Waals surface area (Å²) in [5.41, 5.74) is 5.26. The van der Waals surface area contributed by atoms with Crippen molar-refractivity contribution in [3.8, 4) is 46.0 Å². The molecule has 0 aliphatic carbocycles. The molecular weight excluding hydrogens is 426 g/mol. The van der Waals surface area contributed by atoms with E-state index in [-0.39, 0.29) is 12.8 Å². The molecule has 4 aromatic carbocycles. The molecule has 0 radical (unpaired) electrons. The Bertz CT molecular complexity index is 1480. The lowest BCUT2D eigenvalue weighted by molar-refractivity contribution is 0.174. The van der Waals surface area contributed by atoms with Crippen LogP contribution >= 0.6 is 0 Å². The first kappa shape index (κ1) is 20.3. The van der Waals surface area contributed by atoms with E-state index in [2.05, 4.69) is 48.1 Å². The van der Waals surface area contributed by atoms with Crippen LogP contribution in [0.15, 0.2) is 66.7 Å². The Morgan fingerprint density at radius 3 is 2.41 bits per heavy atom. The van der Waals surface area contributed by atoms with Gasteiger partial charge in [0, 0.05) is 29.1 Å². The molecule has 4 aromatic rings. The molecule has 34 heavy (non-hydrogen) atoms. The molecule has 0 bridgehead atoms. The Balaban J connectivity index is 1.64. The molecule has 6 rings (SSSR count). The zero-order valence-corrected chi connectivity index (χ0v) is 19.2. The third kappa shape index (κ3) is 3.03. The van der Waals surface area contributed by atoms with E-state index in [1.54, 1.807) is 14.2 Å². The van der Waals surface area contributed by atoms with Crippen molar-refractivity contribution in [3.05, 3.63) is 77.9 Å². The smallest absolute Gasteiger partial charge is 0.231 e. The molecule has 0 saturated heterocycles. The number of benzene rings is 4. The van der Waals surface area contributed by atoms with Crippen molar-refractivity contribution in [1.29, 1.82) is 0 Å². The maximum Gasteiger partial charge on any atom is 0.231 e. The summed E-state index contributed by atoms with van der Waals surface area (Å²) in [4.78, 5) is 2.22. The zero-order chi connectivity index (χ0) is 23.2. The first-order chi connectivity index (χ1) is 16.7. The zero-order valence-electron chi connectivity index (χ0n) is 19.2. The first-order valence-corrected chi connectivity index (χ1v) is 11.1. The van der Waals surface area contributed by atoms with E-state index in [9.17, 15) is 0 Å². The Morgan fingerprint density at radius 1 is 0.882 bits per heavy atom. The number of nitrogens with zero attached hydrogens (tertiary/aromatic N) is 1. The molecule has 0 fully saturated rings. The third-order valence-electron chi connectivity index (χ3n) is 6.50. The van der Waals surface area contributed by atoms with E-state index in [4.69, 9.17) is 18.9 Å². The fourth-order valence-corrected chi connectivity index (χ4v) is 4.92. The number of methoxy groups -OCH3 is 2. The summed E-state index contributed by atoms with van der Waals surface area (Å²) in [6.07, 6.45) is 0. The van der Waals surface area contributed by atoms with Gasteiger partial charge in [-0.2, -0.15) is 0 Å². The van der Waals surface area contributed by atoms with Crippen molar-refractivity contribution in [2.24, 2.45) is 0 Å². The molecule has 0 aromatic heterocycles. The molecule has 0 saturated carbocycles. The van der Waals surface area contributed by atoms with Gasteiger partial charge in [0.25, 0.3) is 0 Å². The van der Waals surface area contributed by atoms with Crippen molar-refractivity contribution in [3.63, 3.8) is 0 Å². The molecule has 2 aliphatic rings. The summed E-state index contributed by atoms with van der Waals surface area (Å²) < 4.78 is 22.8. The summed E-state index contributed by atoms with van der Waals surface area (Å²) in [5, 5.41) is 2.18. The van der Waals surface area contributed by atoms with Crippen molar-refractivity contribution < 1.29 is 18.9 Å². The van der Waals surface area contributed by atoms with E-state index in [0.717, 1.165) is 50.2 Å². The number of anilines is 1. The molecule has 5 heteroatoms. The van der Waals surface area contributed by atoms with Crippen LogP contribution in [0.4, 0.5) is 5.69 Å². The van der Waals surface area contributed by atoms with Crippen molar-refractivity contribution >= 4 is 16.5 Å². The van der Waals surface area contributed by atoms with Gasteiger partial charge in [0.05, 0.1) is 19.9 Å². The SMILES string of the molecule is COc1ccc2c(c1OC)C(C#Cc1ccccc1)N(C)c1c-2ccc2cc3c(cc12)OCO3. The van der Waals surface area contributed by atoms with E-state index < -0.39 is 0 Å². The van der Waals surface area contributed by atoms with Crippen LogP contribution in [-0.2, 0) is 0 Å². The minimum Gasteiger partial charge on any atom is -0.493 e. The van der Waals surface area contributed by atoms with Gasteiger partial charge in [0.1, 0.15) is 6.04 Å². The van der Waals surface area contributed by atoms with E-state index in [1.807, 2.05) is 42.5 Å². The minimum absolute atomic E-state index is 0.245. The van der Waals surface area contributed by atoms with Crippen LogP contribution in [-0.4, -0.2) is 28.1 Å². The van der Waals surface area contributed by atoms with Crippen molar-refractivity contribution in [2.45, 2.75) is 6.04 Å². The van der Waals surface area contributed by atoms with Crippen molar-refractivity contribution in [1.82, 2.24) is 0 Å². The molecule has 2 aliphatic heterocycles. The lowest BCUT2D eigenvalue weighted by Crippen LogP contribution is -2.28. The largest absolute Gasteiger partial charge is 0.493 e. The Hall–Kier alpha value is -4.30. The van der Waals surface area contributed by atoms with Gasteiger partial charge in [-0.3, -0.25) is 0 Å². The van der Waals surface area contributed by atoms with Gasteiger partial charge < -0.3 is 23.8 Å². The van der Waals surface area contributed by atoms with Gasteiger partial charge in [-0.15, -0.1) is 0 Å². The Kier molecular flexibility index (Phi) is 4.74. The molecule has 0 N–H and O–H groups in total. The predicted molar refractivity (Wildman–Crippen MR) is 133 cm³/mol. The fraction of sp³-hybridized carbons (Fsp3) is 0.172. The molecule has 168 valence electrons. The summed E-state index contributed by atoms with van der Waals surface area (Å²) >= 11 is 0. The molecule has 2 heterocycles. The quantitative estimate of drug-likeness (QED) is 0.362. The highest BCUT2D eigenvalue weighted by molar-refractivity contribution is 6.06. The number of ether oxygens (including phenoxy) is 4. The molecule has 1 unspecified atom stereocenters. The average Bonchev–Trinajstić information content (AvgIpc) is 3.34. The van der Waals surface area contributed by atoms with Crippen LogP contribution in [0.5, 0.6) is 23.0 Å². The van der Waals surface area contributed by atoms with Crippen molar-refractivity contribution in [2.75, 3.05) is 33.0 Å². The Labute approximate surface area is 198 Å². The van der Waals surface area contributed by atoms with E-state index in [1.165, 1.54) is 0 Å². The van der Waals surface area contributed by atoms with Gasteiger partial charge in [0.15, 0.2) is 23.0 Å². The fourth-order valence-electron chi connectivity index (χ4n) is 4.92. The average molecular weight is 450 g/mol. The van der Waals surface area contributed by atoms with Crippen LogP contribution in [0.2, 0.25) is 0 Å². The lowest BCUT2D eigenvalue weighted by atomic mass is 9.85. The number of rotatable bonds is 2. The second kappa shape index (κ2) is 7.93. The molecule has 1 atom stereocenters. The monoisotopic (exact) mass is 449 g/mol. The van der Waals surface area contributed by atoms with E-state index >= 15 is 0 Å². The maximum atomic E-state index is 5.87. The molecule has 5 nitrogen and oxygen atoms in total. The highest BCUT2D eigenvalue weighted by atomic mass is 16.7. The number of hydrogen-bond acceptors (Lipinski definition) is 5. The normalized spacial score (nSPS) is 15.3. The van der Waals surface area contributed by atoms with Gasteiger partial charge >= 0.3 is 0 Å². The number of hydrogen-bond donors (Lipinski definition) is 0. The molecule has 0 spiro atoms. The van der Waals surface area contributed by atoms with Crippen LogP contribution in [0.3, 0.4) is 0 Å². The highest BCUT2D eigenvalue weighted by Crippen LogP contribution is 2.53. The first-order valence-electron chi connectivity index (χ1n) is 11.1. The maximum absolute atomic E-state index is 5.87. The second-order valence-corrected chi connectivity index (χ2v) is 8.30. The Morgan fingerprint density at radius 2 is 1.65 bits per heavy atom. The minimum atomic E-state index is -0.247.